The SMILES string of the molecule is COC(=O)c1ccccc1N(C)C(=O)CSc1ccc2c(c1)OCCO2. The topological polar surface area (TPSA) is 65.1 Å². The molecule has 0 unspecified atom stereocenters. The summed E-state index contributed by atoms with van der Waals surface area (Å²) in [6.45, 7) is 1.06. The summed E-state index contributed by atoms with van der Waals surface area (Å²) in [5.41, 5.74) is 0.877. The number of benzene rings is 2. The first-order valence-corrected chi connectivity index (χ1v) is 9.05. The largest absolute Gasteiger partial charge is 0.486 e. The van der Waals surface area contributed by atoms with Gasteiger partial charge in [-0.15, -0.1) is 11.8 Å². The van der Waals surface area contributed by atoms with Gasteiger partial charge in [0.2, 0.25) is 5.91 Å². The van der Waals surface area contributed by atoms with E-state index in [1.807, 2.05) is 18.2 Å². The van der Waals surface area contributed by atoms with Crippen molar-refractivity contribution in [1.82, 2.24) is 0 Å². The molecule has 0 aliphatic carbocycles. The van der Waals surface area contributed by atoms with E-state index in [2.05, 4.69) is 0 Å². The van der Waals surface area contributed by atoms with Gasteiger partial charge in [-0.1, -0.05) is 12.1 Å². The van der Waals surface area contributed by atoms with E-state index in [1.54, 1.807) is 31.3 Å². The number of nitrogens with zero attached hydrogens (tertiary/aromatic N) is 1. The van der Waals surface area contributed by atoms with Gasteiger partial charge < -0.3 is 19.1 Å². The molecule has 136 valence electrons. The fourth-order valence-corrected chi connectivity index (χ4v) is 3.38. The molecule has 0 radical (unpaired) electrons. The lowest BCUT2D eigenvalue weighted by Crippen LogP contribution is -2.29. The molecular formula is C19H19NO5S. The van der Waals surface area contributed by atoms with Crippen LogP contribution in [0.5, 0.6) is 11.5 Å². The van der Waals surface area contributed by atoms with Crippen molar-refractivity contribution in [1.29, 1.82) is 0 Å². The number of hydrogen-bond donors (Lipinski definition) is 0. The van der Waals surface area contributed by atoms with Crippen molar-refractivity contribution < 1.29 is 23.8 Å². The van der Waals surface area contributed by atoms with Crippen LogP contribution >= 0.6 is 11.8 Å². The van der Waals surface area contributed by atoms with Crippen LogP contribution in [-0.4, -0.2) is 45.0 Å². The van der Waals surface area contributed by atoms with E-state index in [1.165, 1.54) is 23.8 Å². The highest BCUT2D eigenvalue weighted by Crippen LogP contribution is 2.34. The van der Waals surface area contributed by atoms with Gasteiger partial charge in [0.15, 0.2) is 11.5 Å². The minimum atomic E-state index is -0.472. The Morgan fingerprint density at radius 2 is 1.85 bits per heavy atom. The molecule has 1 amide bonds. The van der Waals surface area contributed by atoms with Crippen molar-refractivity contribution in [2.24, 2.45) is 0 Å². The van der Waals surface area contributed by atoms with E-state index < -0.39 is 5.97 Å². The maximum atomic E-state index is 12.6. The van der Waals surface area contributed by atoms with Gasteiger partial charge in [0.25, 0.3) is 0 Å². The normalized spacial score (nSPS) is 12.4. The molecule has 1 aliphatic rings. The number of ether oxygens (including phenoxy) is 3. The minimum absolute atomic E-state index is 0.124. The second kappa shape index (κ2) is 8.14. The van der Waals surface area contributed by atoms with Gasteiger partial charge in [-0.2, -0.15) is 0 Å². The quantitative estimate of drug-likeness (QED) is 0.593. The van der Waals surface area contributed by atoms with Crippen LogP contribution in [0.1, 0.15) is 10.4 Å². The molecule has 0 spiro atoms. The standard InChI is InChI=1S/C19H19NO5S/c1-20(15-6-4-3-5-14(15)19(22)23-2)18(21)12-26-13-7-8-16-17(11-13)25-10-9-24-16/h3-8,11H,9-10,12H2,1-2H3. The number of hydrogen-bond acceptors (Lipinski definition) is 6. The molecule has 1 aliphatic heterocycles. The van der Waals surface area contributed by atoms with Gasteiger partial charge in [-0.05, 0) is 30.3 Å². The number of para-hydroxylation sites is 1. The van der Waals surface area contributed by atoms with Crippen LogP contribution in [0.3, 0.4) is 0 Å². The van der Waals surface area contributed by atoms with E-state index in [0.717, 1.165) is 10.6 Å². The molecule has 0 N–H and O–H groups in total. The fourth-order valence-electron chi connectivity index (χ4n) is 2.54. The average molecular weight is 373 g/mol. The first kappa shape index (κ1) is 18.1. The first-order valence-electron chi connectivity index (χ1n) is 8.06. The lowest BCUT2D eigenvalue weighted by Gasteiger charge is -2.20. The predicted molar refractivity (Wildman–Crippen MR) is 99.3 cm³/mol. The highest BCUT2D eigenvalue weighted by molar-refractivity contribution is 8.00. The van der Waals surface area contributed by atoms with Gasteiger partial charge in [0.05, 0.1) is 24.1 Å². The molecule has 6 nitrogen and oxygen atoms in total. The summed E-state index contributed by atoms with van der Waals surface area (Å²) in [6, 6.07) is 12.5. The maximum absolute atomic E-state index is 12.6. The zero-order valence-electron chi connectivity index (χ0n) is 14.6. The summed E-state index contributed by atoms with van der Waals surface area (Å²) < 4.78 is 15.8. The minimum Gasteiger partial charge on any atom is -0.486 e. The van der Waals surface area contributed by atoms with E-state index in [9.17, 15) is 9.59 Å². The predicted octanol–water partition coefficient (Wildman–Crippen LogP) is 3.00. The number of rotatable bonds is 5. The van der Waals surface area contributed by atoms with Crippen molar-refractivity contribution in [2.45, 2.75) is 4.90 Å². The van der Waals surface area contributed by atoms with E-state index in [-0.39, 0.29) is 11.7 Å². The lowest BCUT2D eigenvalue weighted by molar-refractivity contribution is -0.115. The Morgan fingerprint density at radius 1 is 1.12 bits per heavy atom. The molecule has 0 bridgehead atoms. The van der Waals surface area contributed by atoms with E-state index >= 15 is 0 Å². The Bertz CT molecular complexity index is 823. The number of methoxy groups -OCH3 is 1. The molecule has 0 saturated heterocycles. The smallest absolute Gasteiger partial charge is 0.339 e. The maximum Gasteiger partial charge on any atom is 0.339 e. The average Bonchev–Trinajstić information content (AvgIpc) is 2.70. The van der Waals surface area contributed by atoms with Crippen molar-refractivity contribution in [2.75, 3.05) is 38.0 Å². The number of esters is 1. The van der Waals surface area contributed by atoms with Crippen molar-refractivity contribution >= 4 is 29.3 Å². The van der Waals surface area contributed by atoms with Crippen LogP contribution in [0.25, 0.3) is 0 Å². The molecule has 0 saturated carbocycles. The number of thioether (sulfide) groups is 1. The number of amides is 1. The summed E-state index contributed by atoms with van der Waals surface area (Å²) in [6.07, 6.45) is 0. The van der Waals surface area contributed by atoms with Crippen LogP contribution in [0, 0.1) is 0 Å². The molecule has 2 aromatic rings. The Morgan fingerprint density at radius 3 is 2.62 bits per heavy atom. The summed E-state index contributed by atoms with van der Waals surface area (Å²) >= 11 is 1.40. The van der Waals surface area contributed by atoms with Crippen molar-refractivity contribution in [3.63, 3.8) is 0 Å². The van der Waals surface area contributed by atoms with Gasteiger partial charge >= 0.3 is 5.97 Å². The molecule has 3 rings (SSSR count). The number of carbonyl (C=O) groups excluding carboxylic acids is 2. The molecule has 0 fully saturated rings. The van der Waals surface area contributed by atoms with Crippen molar-refractivity contribution in [3.8, 4) is 11.5 Å². The number of carbonyl (C=O) groups is 2. The first-order chi connectivity index (χ1) is 12.6. The van der Waals surface area contributed by atoms with Gasteiger partial charge in [0, 0.05) is 11.9 Å². The molecule has 2 aromatic carbocycles. The molecule has 1 heterocycles. The monoisotopic (exact) mass is 373 g/mol. The second-order valence-corrected chi connectivity index (χ2v) is 6.60. The lowest BCUT2D eigenvalue weighted by atomic mass is 10.1. The van der Waals surface area contributed by atoms with Crippen LogP contribution < -0.4 is 14.4 Å². The summed E-state index contributed by atoms with van der Waals surface area (Å²) in [5.74, 6) is 1.04. The molecule has 0 atom stereocenters. The zero-order valence-corrected chi connectivity index (χ0v) is 15.4. The van der Waals surface area contributed by atoms with Crippen LogP contribution in [0.2, 0.25) is 0 Å². The Labute approximate surface area is 156 Å². The Kier molecular flexibility index (Phi) is 5.68. The van der Waals surface area contributed by atoms with Crippen LogP contribution in [0.4, 0.5) is 5.69 Å². The van der Waals surface area contributed by atoms with Crippen LogP contribution in [-0.2, 0) is 9.53 Å². The highest BCUT2D eigenvalue weighted by atomic mass is 32.2. The van der Waals surface area contributed by atoms with Gasteiger partial charge in [-0.25, -0.2) is 4.79 Å². The van der Waals surface area contributed by atoms with Crippen LogP contribution in [0.15, 0.2) is 47.4 Å². The third kappa shape index (κ3) is 3.94. The Balaban J connectivity index is 1.68. The van der Waals surface area contributed by atoms with Gasteiger partial charge in [-0.3, -0.25) is 4.79 Å². The summed E-state index contributed by atoms with van der Waals surface area (Å²) in [4.78, 5) is 26.8. The van der Waals surface area contributed by atoms with E-state index in [0.29, 0.717) is 30.2 Å². The highest BCUT2D eigenvalue weighted by Gasteiger charge is 2.19. The van der Waals surface area contributed by atoms with Gasteiger partial charge in [0.1, 0.15) is 13.2 Å². The molecular weight excluding hydrogens is 354 g/mol. The Hall–Kier alpha value is -2.67. The third-order valence-corrected chi connectivity index (χ3v) is 4.90. The number of fused-ring (bicyclic) bond motifs is 1. The molecule has 0 aromatic heterocycles. The third-order valence-electron chi connectivity index (χ3n) is 3.92. The summed E-state index contributed by atoms with van der Waals surface area (Å²) in [7, 11) is 2.97. The molecule has 7 heteroatoms. The van der Waals surface area contributed by atoms with E-state index in [4.69, 9.17) is 14.2 Å². The second-order valence-electron chi connectivity index (χ2n) is 5.56. The molecule has 26 heavy (non-hydrogen) atoms. The fraction of sp³-hybridized carbons (Fsp3) is 0.263. The van der Waals surface area contributed by atoms with Crippen molar-refractivity contribution in [3.05, 3.63) is 48.0 Å². The zero-order chi connectivity index (χ0) is 18.5. The number of anilines is 1. The summed E-state index contributed by atoms with van der Waals surface area (Å²) in [5, 5.41) is 0.